The van der Waals surface area contributed by atoms with E-state index in [0.29, 0.717) is 33.6 Å². The molecule has 5 rings (SSSR count). The fraction of sp³-hybridized carbons (Fsp3) is 0.0714. The first-order valence-corrected chi connectivity index (χ1v) is 11.2. The van der Waals surface area contributed by atoms with Crippen molar-refractivity contribution in [1.82, 2.24) is 9.55 Å². The second-order valence-corrected chi connectivity index (χ2v) is 8.17. The SMILES string of the molecule is COc1cc2nccc(Oc3ccc(-c4cccn(-c5ccc(Cl)cc5)c4=O)cc3)c2cc1OC. The van der Waals surface area contributed by atoms with Gasteiger partial charge in [0.15, 0.2) is 11.5 Å². The Kier molecular flexibility index (Phi) is 6.12. The molecule has 0 fully saturated rings. The number of hydrogen-bond donors (Lipinski definition) is 0. The largest absolute Gasteiger partial charge is 0.493 e. The van der Waals surface area contributed by atoms with Gasteiger partial charge in [-0.25, -0.2) is 0 Å². The van der Waals surface area contributed by atoms with Crippen molar-refractivity contribution in [3.8, 4) is 39.8 Å². The van der Waals surface area contributed by atoms with Crippen molar-refractivity contribution >= 4 is 22.5 Å². The van der Waals surface area contributed by atoms with Crippen molar-refractivity contribution < 1.29 is 14.2 Å². The van der Waals surface area contributed by atoms with Gasteiger partial charge in [-0.3, -0.25) is 14.3 Å². The van der Waals surface area contributed by atoms with Crippen LogP contribution in [0.4, 0.5) is 0 Å². The Hall–Kier alpha value is -4.29. The fourth-order valence-electron chi connectivity index (χ4n) is 3.88. The Morgan fingerprint density at radius 2 is 1.54 bits per heavy atom. The van der Waals surface area contributed by atoms with Gasteiger partial charge in [-0.1, -0.05) is 23.7 Å². The molecule has 0 aliphatic heterocycles. The van der Waals surface area contributed by atoms with Crippen molar-refractivity contribution in [2.24, 2.45) is 0 Å². The summed E-state index contributed by atoms with van der Waals surface area (Å²) in [6.45, 7) is 0. The minimum absolute atomic E-state index is 0.121. The summed E-state index contributed by atoms with van der Waals surface area (Å²) in [5.74, 6) is 2.45. The minimum atomic E-state index is -0.121. The molecule has 2 aromatic heterocycles. The van der Waals surface area contributed by atoms with E-state index < -0.39 is 0 Å². The Morgan fingerprint density at radius 3 is 2.26 bits per heavy atom. The van der Waals surface area contributed by atoms with E-state index in [1.165, 1.54) is 0 Å². The van der Waals surface area contributed by atoms with E-state index in [2.05, 4.69) is 4.98 Å². The molecule has 2 heterocycles. The number of hydrogen-bond acceptors (Lipinski definition) is 5. The predicted octanol–water partition coefficient (Wildman–Crippen LogP) is 6.52. The van der Waals surface area contributed by atoms with Crippen LogP contribution in [-0.2, 0) is 0 Å². The average Bonchev–Trinajstić information content (AvgIpc) is 2.89. The van der Waals surface area contributed by atoms with Crippen LogP contribution in [0.15, 0.2) is 96.1 Å². The summed E-state index contributed by atoms with van der Waals surface area (Å²) in [5, 5.41) is 1.41. The van der Waals surface area contributed by atoms with E-state index in [1.807, 2.05) is 54.6 Å². The Balaban J connectivity index is 1.46. The molecule has 7 heteroatoms. The number of aromatic nitrogens is 2. The molecule has 35 heavy (non-hydrogen) atoms. The number of ether oxygens (including phenoxy) is 3. The van der Waals surface area contributed by atoms with Crippen LogP contribution in [0.5, 0.6) is 23.0 Å². The molecule has 0 aliphatic carbocycles. The molecule has 0 spiro atoms. The third-order valence-corrected chi connectivity index (χ3v) is 5.90. The van der Waals surface area contributed by atoms with Crippen LogP contribution in [0.1, 0.15) is 0 Å². The first-order valence-electron chi connectivity index (χ1n) is 10.8. The second-order valence-electron chi connectivity index (χ2n) is 7.73. The Bertz CT molecular complexity index is 1560. The molecule has 0 bridgehead atoms. The highest BCUT2D eigenvalue weighted by Crippen LogP contribution is 2.37. The molecule has 0 saturated carbocycles. The van der Waals surface area contributed by atoms with Crippen LogP contribution in [0.2, 0.25) is 5.02 Å². The standard InChI is InChI=1S/C28H21ClN2O4/c1-33-26-16-23-24(17-27(26)34-2)30-14-13-25(23)35-21-11-5-18(6-12-21)22-4-3-15-31(28(22)32)20-9-7-19(29)8-10-20/h3-17H,1-2H3. The zero-order valence-electron chi connectivity index (χ0n) is 19.1. The Labute approximate surface area is 206 Å². The quantitative estimate of drug-likeness (QED) is 0.275. The number of fused-ring (bicyclic) bond motifs is 1. The summed E-state index contributed by atoms with van der Waals surface area (Å²) >= 11 is 5.99. The van der Waals surface area contributed by atoms with E-state index >= 15 is 0 Å². The average molecular weight is 485 g/mol. The normalized spacial score (nSPS) is 10.8. The number of nitrogens with zero attached hydrogens (tertiary/aromatic N) is 2. The van der Waals surface area contributed by atoms with Crippen LogP contribution in [0.3, 0.4) is 0 Å². The van der Waals surface area contributed by atoms with Gasteiger partial charge in [-0.2, -0.15) is 0 Å². The van der Waals surface area contributed by atoms with E-state index in [4.69, 9.17) is 25.8 Å². The maximum absolute atomic E-state index is 13.2. The maximum Gasteiger partial charge on any atom is 0.262 e. The molecule has 3 aromatic carbocycles. The topological polar surface area (TPSA) is 62.6 Å². The van der Waals surface area contributed by atoms with Crippen LogP contribution in [0.25, 0.3) is 27.7 Å². The van der Waals surface area contributed by atoms with Gasteiger partial charge in [-0.05, 0) is 66.2 Å². The monoisotopic (exact) mass is 484 g/mol. The molecular weight excluding hydrogens is 464 g/mol. The van der Waals surface area contributed by atoms with Gasteiger partial charge in [-0.15, -0.1) is 0 Å². The smallest absolute Gasteiger partial charge is 0.262 e. The van der Waals surface area contributed by atoms with Gasteiger partial charge in [0.05, 0.1) is 19.7 Å². The van der Waals surface area contributed by atoms with Gasteiger partial charge in [0.2, 0.25) is 0 Å². The van der Waals surface area contributed by atoms with Crippen molar-refractivity contribution in [2.75, 3.05) is 14.2 Å². The van der Waals surface area contributed by atoms with Crippen LogP contribution in [0, 0.1) is 0 Å². The summed E-state index contributed by atoms with van der Waals surface area (Å²) in [6.07, 6.45) is 3.42. The number of methoxy groups -OCH3 is 2. The van der Waals surface area contributed by atoms with E-state index in [0.717, 1.165) is 22.2 Å². The highest BCUT2D eigenvalue weighted by atomic mass is 35.5. The summed E-state index contributed by atoms with van der Waals surface area (Å²) in [4.78, 5) is 17.6. The lowest BCUT2D eigenvalue weighted by atomic mass is 10.1. The summed E-state index contributed by atoms with van der Waals surface area (Å²) in [5.41, 5.74) is 2.73. The molecule has 5 aromatic rings. The van der Waals surface area contributed by atoms with Crippen LogP contribution < -0.4 is 19.8 Å². The predicted molar refractivity (Wildman–Crippen MR) is 137 cm³/mol. The lowest BCUT2D eigenvalue weighted by Crippen LogP contribution is -2.18. The third-order valence-electron chi connectivity index (χ3n) is 5.65. The molecule has 0 saturated heterocycles. The molecule has 0 radical (unpaired) electrons. The molecule has 0 atom stereocenters. The Morgan fingerprint density at radius 1 is 0.829 bits per heavy atom. The molecule has 174 valence electrons. The zero-order chi connectivity index (χ0) is 24.4. The molecular formula is C28H21ClN2O4. The van der Waals surface area contributed by atoms with Crippen molar-refractivity contribution in [1.29, 1.82) is 0 Å². The van der Waals surface area contributed by atoms with Crippen molar-refractivity contribution in [3.63, 3.8) is 0 Å². The van der Waals surface area contributed by atoms with Crippen molar-refractivity contribution in [2.45, 2.75) is 0 Å². The number of halogens is 1. The fourth-order valence-corrected chi connectivity index (χ4v) is 4.01. The van der Waals surface area contributed by atoms with E-state index in [9.17, 15) is 4.79 Å². The minimum Gasteiger partial charge on any atom is -0.493 e. The van der Waals surface area contributed by atoms with Gasteiger partial charge < -0.3 is 14.2 Å². The first kappa shape index (κ1) is 22.5. The van der Waals surface area contributed by atoms with Gasteiger partial charge in [0.1, 0.15) is 11.5 Å². The van der Waals surface area contributed by atoms with Gasteiger partial charge in [0, 0.05) is 40.1 Å². The molecule has 0 N–H and O–H groups in total. The highest BCUT2D eigenvalue weighted by Gasteiger charge is 2.12. The maximum atomic E-state index is 13.2. The number of benzene rings is 3. The molecule has 6 nitrogen and oxygen atoms in total. The second kappa shape index (κ2) is 9.52. The zero-order valence-corrected chi connectivity index (χ0v) is 19.8. The molecule has 0 aliphatic rings. The molecule has 0 unspecified atom stereocenters. The summed E-state index contributed by atoms with van der Waals surface area (Å²) in [7, 11) is 3.17. The van der Waals surface area contributed by atoms with Crippen molar-refractivity contribution in [3.05, 3.63) is 107 Å². The van der Waals surface area contributed by atoms with Crippen LogP contribution in [-0.4, -0.2) is 23.8 Å². The highest BCUT2D eigenvalue weighted by molar-refractivity contribution is 6.30. The van der Waals surface area contributed by atoms with Gasteiger partial charge in [0.25, 0.3) is 5.56 Å². The number of pyridine rings is 2. The van der Waals surface area contributed by atoms with E-state index in [1.54, 1.807) is 55.4 Å². The van der Waals surface area contributed by atoms with Crippen LogP contribution >= 0.6 is 11.6 Å². The summed E-state index contributed by atoms with van der Waals surface area (Å²) < 4.78 is 18.6. The summed E-state index contributed by atoms with van der Waals surface area (Å²) in [6, 6.07) is 23.7. The van der Waals surface area contributed by atoms with Gasteiger partial charge >= 0.3 is 0 Å². The number of rotatable bonds is 6. The van der Waals surface area contributed by atoms with E-state index in [-0.39, 0.29) is 5.56 Å². The molecule has 0 amide bonds. The lowest BCUT2D eigenvalue weighted by Gasteiger charge is -2.13. The third kappa shape index (κ3) is 4.44. The first-order chi connectivity index (χ1) is 17.1. The lowest BCUT2D eigenvalue weighted by molar-refractivity contribution is 0.355.